The maximum absolute atomic E-state index is 12.9. The van der Waals surface area contributed by atoms with Gasteiger partial charge in [0, 0.05) is 18.5 Å². The molecule has 1 aromatic rings. The van der Waals surface area contributed by atoms with Crippen molar-refractivity contribution >= 4 is 11.9 Å². The maximum Gasteiger partial charge on any atom is 0.365 e. The van der Waals surface area contributed by atoms with Crippen molar-refractivity contribution in [2.24, 2.45) is 23.2 Å². The number of hydrogen-bond donors (Lipinski definition) is 2. The standard InChI is InChI=1S/C24H32N2O3/c1-29-23(28)21-9-19-4-2-3-5-20(19)13-26(21)14-22(27)25-15-24-10-16-6-17(11-24)8-18(7-16)12-24/h2-5,16-18,21H,6-15H2,1H3,(H,25,27)/p+1/t16?,17?,18?,21-,24?/m0/s1. The van der Waals surface area contributed by atoms with Crippen LogP contribution in [0.25, 0.3) is 0 Å². The van der Waals surface area contributed by atoms with Crippen LogP contribution in [0.2, 0.25) is 0 Å². The van der Waals surface area contributed by atoms with Gasteiger partial charge < -0.3 is 15.0 Å². The van der Waals surface area contributed by atoms with Crippen molar-refractivity contribution in [3.8, 4) is 0 Å². The van der Waals surface area contributed by atoms with E-state index in [4.69, 9.17) is 4.74 Å². The highest BCUT2D eigenvalue weighted by atomic mass is 16.5. The van der Waals surface area contributed by atoms with Crippen LogP contribution < -0.4 is 10.2 Å². The van der Waals surface area contributed by atoms with Gasteiger partial charge in [-0.25, -0.2) is 4.79 Å². The van der Waals surface area contributed by atoms with Crippen molar-refractivity contribution < 1.29 is 19.2 Å². The first-order chi connectivity index (χ1) is 14.0. The monoisotopic (exact) mass is 397 g/mol. The minimum absolute atomic E-state index is 0.0732. The smallest absolute Gasteiger partial charge is 0.365 e. The summed E-state index contributed by atoms with van der Waals surface area (Å²) < 4.78 is 5.05. The van der Waals surface area contributed by atoms with E-state index in [-0.39, 0.29) is 17.9 Å². The third-order valence-corrected chi connectivity index (χ3v) is 8.15. The molecule has 5 heteroatoms. The molecule has 4 fully saturated rings. The maximum atomic E-state index is 12.9. The van der Waals surface area contributed by atoms with Crippen LogP contribution in [-0.2, 0) is 27.3 Å². The van der Waals surface area contributed by atoms with Gasteiger partial charge in [-0.3, -0.25) is 4.79 Å². The number of carbonyl (C=O) groups excluding carboxylic acids is 2. The first-order valence-corrected chi connectivity index (χ1v) is 11.3. The van der Waals surface area contributed by atoms with Gasteiger partial charge >= 0.3 is 5.97 Å². The van der Waals surface area contributed by atoms with E-state index in [1.165, 1.54) is 56.8 Å². The molecule has 1 aromatic carbocycles. The van der Waals surface area contributed by atoms with E-state index in [1.807, 2.05) is 12.1 Å². The number of carbonyl (C=O) groups is 2. The molecule has 1 heterocycles. The highest BCUT2D eigenvalue weighted by Crippen LogP contribution is 2.59. The lowest BCUT2D eigenvalue weighted by Crippen LogP contribution is -3.17. The number of quaternary nitrogens is 1. The Bertz CT molecular complexity index is 770. The summed E-state index contributed by atoms with van der Waals surface area (Å²) in [5.74, 6) is 2.54. The Labute approximate surface area is 173 Å². The second kappa shape index (κ2) is 7.42. The molecule has 29 heavy (non-hydrogen) atoms. The van der Waals surface area contributed by atoms with Gasteiger partial charge in [0.05, 0.1) is 7.11 Å². The molecule has 0 aromatic heterocycles. The Hall–Kier alpha value is -1.88. The molecule has 4 aliphatic carbocycles. The predicted octanol–water partition coefficient (Wildman–Crippen LogP) is 1.50. The van der Waals surface area contributed by atoms with Crippen LogP contribution in [0.5, 0.6) is 0 Å². The van der Waals surface area contributed by atoms with Crippen LogP contribution in [0.15, 0.2) is 24.3 Å². The topological polar surface area (TPSA) is 59.8 Å². The van der Waals surface area contributed by atoms with Crippen molar-refractivity contribution in [2.75, 3.05) is 20.2 Å². The SMILES string of the molecule is COC(=O)[C@@H]1Cc2ccccc2C[NH+]1CC(=O)NCC12CC3CC(CC(C3)C1)C2. The fourth-order valence-electron chi connectivity index (χ4n) is 7.30. The van der Waals surface area contributed by atoms with E-state index in [0.717, 1.165) is 29.2 Å². The minimum Gasteiger partial charge on any atom is -0.465 e. The lowest BCUT2D eigenvalue weighted by atomic mass is 9.49. The van der Waals surface area contributed by atoms with E-state index in [9.17, 15) is 9.59 Å². The highest BCUT2D eigenvalue weighted by molar-refractivity contribution is 5.78. The summed E-state index contributed by atoms with van der Waals surface area (Å²) in [6.45, 7) is 1.85. The molecule has 6 rings (SSSR count). The average Bonchev–Trinajstić information content (AvgIpc) is 2.70. The van der Waals surface area contributed by atoms with Crippen molar-refractivity contribution in [3.63, 3.8) is 0 Å². The minimum atomic E-state index is -0.305. The number of hydrogen-bond acceptors (Lipinski definition) is 3. The lowest BCUT2D eigenvalue weighted by Gasteiger charge is -2.56. The van der Waals surface area contributed by atoms with Gasteiger partial charge in [-0.1, -0.05) is 24.3 Å². The van der Waals surface area contributed by atoms with Crippen LogP contribution in [-0.4, -0.2) is 38.1 Å². The Morgan fingerprint density at radius 1 is 1.07 bits per heavy atom. The first-order valence-electron chi connectivity index (χ1n) is 11.3. The molecule has 5 nitrogen and oxygen atoms in total. The molecule has 2 N–H and O–H groups in total. The van der Waals surface area contributed by atoms with E-state index >= 15 is 0 Å². The van der Waals surface area contributed by atoms with Crippen LogP contribution >= 0.6 is 0 Å². The molecular weight excluding hydrogens is 364 g/mol. The summed E-state index contributed by atoms with van der Waals surface area (Å²) >= 11 is 0. The van der Waals surface area contributed by atoms with Gasteiger partial charge in [-0.2, -0.15) is 0 Å². The fourth-order valence-corrected chi connectivity index (χ4v) is 7.30. The van der Waals surface area contributed by atoms with Crippen LogP contribution in [0.4, 0.5) is 0 Å². The number of nitrogens with one attached hydrogen (secondary N) is 2. The molecule has 0 saturated heterocycles. The summed E-state index contributed by atoms with van der Waals surface area (Å²) in [7, 11) is 1.44. The number of rotatable bonds is 5. The summed E-state index contributed by atoms with van der Waals surface area (Å²) in [6.07, 6.45) is 8.80. The average molecular weight is 398 g/mol. The summed E-state index contributed by atoms with van der Waals surface area (Å²) in [5.41, 5.74) is 2.77. The number of ether oxygens (including phenoxy) is 1. The molecule has 1 amide bonds. The molecular formula is C24H33N2O3+. The zero-order valence-electron chi connectivity index (χ0n) is 17.4. The van der Waals surface area contributed by atoms with Crippen LogP contribution in [0, 0.1) is 23.2 Å². The Balaban J connectivity index is 1.23. The normalized spacial score (nSPS) is 37.1. The molecule has 0 spiro atoms. The summed E-state index contributed by atoms with van der Waals surface area (Å²) in [4.78, 5) is 26.3. The predicted molar refractivity (Wildman–Crippen MR) is 109 cm³/mol. The summed E-state index contributed by atoms with van der Waals surface area (Å²) in [5, 5.41) is 3.28. The van der Waals surface area contributed by atoms with E-state index in [0.29, 0.717) is 24.9 Å². The van der Waals surface area contributed by atoms with E-state index < -0.39 is 0 Å². The van der Waals surface area contributed by atoms with Crippen molar-refractivity contribution in [1.29, 1.82) is 0 Å². The zero-order chi connectivity index (χ0) is 20.0. The van der Waals surface area contributed by atoms with Gasteiger partial charge in [0.2, 0.25) is 0 Å². The Morgan fingerprint density at radius 3 is 2.31 bits per heavy atom. The van der Waals surface area contributed by atoms with Gasteiger partial charge in [0.15, 0.2) is 12.6 Å². The lowest BCUT2D eigenvalue weighted by molar-refractivity contribution is -0.924. The molecule has 5 aliphatic rings. The number of esters is 1. The quantitative estimate of drug-likeness (QED) is 0.741. The highest BCUT2D eigenvalue weighted by Gasteiger charge is 2.50. The second-order valence-corrected chi connectivity index (χ2v) is 10.3. The van der Waals surface area contributed by atoms with Gasteiger partial charge in [0.1, 0.15) is 6.54 Å². The second-order valence-electron chi connectivity index (χ2n) is 10.3. The molecule has 0 radical (unpaired) electrons. The van der Waals surface area contributed by atoms with E-state index in [1.54, 1.807) is 0 Å². The molecule has 4 saturated carbocycles. The largest absolute Gasteiger partial charge is 0.465 e. The van der Waals surface area contributed by atoms with E-state index in [2.05, 4.69) is 17.4 Å². The number of fused-ring (bicyclic) bond motifs is 1. The van der Waals surface area contributed by atoms with Gasteiger partial charge in [-0.05, 0) is 67.3 Å². The van der Waals surface area contributed by atoms with Crippen LogP contribution in [0.3, 0.4) is 0 Å². The zero-order valence-corrected chi connectivity index (χ0v) is 17.4. The molecule has 4 bridgehead atoms. The number of benzene rings is 1. The number of amides is 1. The molecule has 1 aliphatic heterocycles. The molecule has 1 unspecified atom stereocenters. The Morgan fingerprint density at radius 2 is 1.69 bits per heavy atom. The summed E-state index contributed by atoms with van der Waals surface area (Å²) in [6, 6.07) is 7.92. The fraction of sp³-hybridized carbons (Fsp3) is 0.667. The molecule has 156 valence electrons. The third-order valence-electron chi connectivity index (χ3n) is 8.15. The van der Waals surface area contributed by atoms with Crippen molar-refractivity contribution in [1.82, 2.24) is 5.32 Å². The van der Waals surface area contributed by atoms with Crippen LogP contribution in [0.1, 0.15) is 49.7 Å². The van der Waals surface area contributed by atoms with Gasteiger partial charge in [-0.15, -0.1) is 0 Å². The molecule has 2 atom stereocenters. The Kier molecular flexibility index (Phi) is 4.89. The van der Waals surface area contributed by atoms with Crippen molar-refractivity contribution in [2.45, 2.75) is 57.5 Å². The number of methoxy groups -OCH3 is 1. The first kappa shape index (κ1) is 19.1. The van der Waals surface area contributed by atoms with Gasteiger partial charge in [0.25, 0.3) is 5.91 Å². The third kappa shape index (κ3) is 3.70. The van der Waals surface area contributed by atoms with Crippen molar-refractivity contribution in [3.05, 3.63) is 35.4 Å².